The molecule has 0 aromatic carbocycles. The fraction of sp³-hybridized carbons (Fsp3) is 0.591. The largest absolute Gasteiger partial charge is 0.399 e. The molecule has 0 aromatic heterocycles. The lowest BCUT2D eigenvalue weighted by molar-refractivity contribution is -0.196. The number of alkyl halides is 3. The van der Waals surface area contributed by atoms with Crippen LogP contribution in [0.1, 0.15) is 59.8 Å². The molecule has 0 heterocycles. The molecule has 1 N–H and O–H groups in total. The summed E-state index contributed by atoms with van der Waals surface area (Å²) in [6, 6.07) is 0. The van der Waals surface area contributed by atoms with Crippen LogP contribution in [0.2, 0.25) is 0 Å². The van der Waals surface area contributed by atoms with Gasteiger partial charge in [0.1, 0.15) is 5.92 Å². The second-order valence-electron chi connectivity index (χ2n) is 7.63. The van der Waals surface area contributed by atoms with Gasteiger partial charge in [-0.1, -0.05) is 41.0 Å². The van der Waals surface area contributed by atoms with Gasteiger partial charge in [-0.05, 0) is 65.9 Å². The summed E-state index contributed by atoms with van der Waals surface area (Å²) in [5.74, 6) is -4.25. The maximum Gasteiger partial charge on any atom is 0.399 e. The standard InChI is InChI=1S/C22H31F3O2/c1-15(2)7-5-8-16(3)9-6-10-17(4)11-12-18-19(26)13-14-20(27)21(18)22(23,24)25/h7,9,11,13-14,18-19,21,26H,5-6,8,10,12H2,1-4H3/b16-9+,17-11+. The zero-order valence-electron chi connectivity index (χ0n) is 16.6. The monoisotopic (exact) mass is 384 g/mol. The van der Waals surface area contributed by atoms with Crippen molar-refractivity contribution in [2.24, 2.45) is 11.8 Å². The van der Waals surface area contributed by atoms with Crippen molar-refractivity contribution in [2.75, 3.05) is 0 Å². The van der Waals surface area contributed by atoms with Crippen molar-refractivity contribution in [3.63, 3.8) is 0 Å². The fourth-order valence-electron chi connectivity index (χ4n) is 3.20. The molecule has 0 saturated carbocycles. The summed E-state index contributed by atoms with van der Waals surface area (Å²) in [7, 11) is 0. The first-order valence-corrected chi connectivity index (χ1v) is 9.43. The third-order valence-corrected chi connectivity index (χ3v) is 4.84. The molecular weight excluding hydrogens is 353 g/mol. The van der Waals surface area contributed by atoms with Gasteiger partial charge in [0.05, 0.1) is 6.10 Å². The Kier molecular flexibility index (Phi) is 9.23. The van der Waals surface area contributed by atoms with Gasteiger partial charge in [0.15, 0.2) is 5.78 Å². The van der Waals surface area contributed by atoms with Crippen LogP contribution in [0.25, 0.3) is 0 Å². The van der Waals surface area contributed by atoms with Crippen molar-refractivity contribution >= 4 is 5.78 Å². The number of ketones is 1. The smallest absolute Gasteiger partial charge is 0.389 e. The summed E-state index contributed by atoms with van der Waals surface area (Å²) in [6.45, 7) is 8.11. The third kappa shape index (κ3) is 8.29. The van der Waals surface area contributed by atoms with E-state index < -0.39 is 29.9 Å². The van der Waals surface area contributed by atoms with Gasteiger partial charge in [-0.25, -0.2) is 0 Å². The van der Waals surface area contributed by atoms with E-state index in [-0.39, 0.29) is 6.42 Å². The molecule has 0 fully saturated rings. The molecule has 0 spiro atoms. The molecule has 1 aliphatic rings. The SMILES string of the molecule is CC(C)=CCC/C(C)=C/CC/C(C)=C/CC1C(O)C=CC(=O)C1C(F)(F)F. The molecule has 152 valence electrons. The number of hydrogen-bond donors (Lipinski definition) is 1. The summed E-state index contributed by atoms with van der Waals surface area (Å²) in [5, 5.41) is 9.92. The van der Waals surface area contributed by atoms with Crippen molar-refractivity contribution < 1.29 is 23.1 Å². The molecule has 2 nitrogen and oxygen atoms in total. The second kappa shape index (κ2) is 10.6. The molecular formula is C22H31F3O2. The third-order valence-electron chi connectivity index (χ3n) is 4.84. The quantitative estimate of drug-likeness (QED) is 0.514. The highest BCUT2D eigenvalue weighted by atomic mass is 19.4. The van der Waals surface area contributed by atoms with Crippen molar-refractivity contribution in [3.8, 4) is 0 Å². The van der Waals surface area contributed by atoms with Crippen LogP contribution >= 0.6 is 0 Å². The molecule has 0 aromatic rings. The maximum absolute atomic E-state index is 13.2. The lowest BCUT2D eigenvalue weighted by Crippen LogP contribution is -2.43. The van der Waals surface area contributed by atoms with Crippen LogP contribution in [0.5, 0.6) is 0 Å². The number of hydrogen-bond acceptors (Lipinski definition) is 2. The van der Waals surface area contributed by atoms with Crippen molar-refractivity contribution in [2.45, 2.75) is 72.1 Å². The van der Waals surface area contributed by atoms with E-state index in [0.717, 1.165) is 43.4 Å². The van der Waals surface area contributed by atoms with Gasteiger partial charge in [-0.15, -0.1) is 0 Å². The highest BCUT2D eigenvalue weighted by Crippen LogP contribution is 2.39. The average Bonchev–Trinajstić information content (AvgIpc) is 2.54. The summed E-state index contributed by atoms with van der Waals surface area (Å²) < 4.78 is 39.6. The van der Waals surface area contributed by atoms with Crippen LogP contribution in [-0.2, 0) is 4.79 Å². The van der Waals surface area contributed by atoms with Crippen LogP contribution in [0.4, 0.5) is 13.2 Å². The predicted molar refractivity (Wildman–Crippen MR) is 103 cm³/mol. The topological polar surface area (TPSA) is 37.3 Å². The highest BCUT2D eigenvalue weighted by molar-refractivity contribution is 5.93. The summed E-state index contributed by atoms with van der Waals surface area (Å²) in [4.78, 5) is 11.7. The number of halogens is 3. The number of rotatable bonds is 8. The fourth-order valence-corrected chi connectivity index (χ4v) is 3.20. The average molecular weight is 384 g/mol. The number of allylic oxidation sites excluding steroid dienone is 7. The van der Waals surface area contributed by atoms with E-state index in [4.69, 9.17) is 0 Å². The van der Waals surface area contributed by atoms with Gasteiger partial charge in [0.25, 0.3) is 0 Å². The molecule has 0 amide bonds. The zero-order valence-corrected chi connectivity index (χ0v) is 16.6. The molecule has 0 saturated heterocycles. The second-order valence-corrected chi connectivity index (χ2v) is 7.63. The Hall–Kier alpha value is -1.62. The highest BCUT2D eigenvalue weighted by Gasteiger charge is 2.51. The van der Waals surface area contributed by atoms with E-state index in [1.165, 1.54) is 11.1 Å². The normalized spacial score (nSPS) is 24.3. The summed E-state index contributed by atoms with van der Waals surface area (Å²) in [6.07, 6.45) is 5.85. The van der Waals surface area contributed by atoms with Crippen molar-refractivity contribution in [1.29, 1.82) is 0 Å². The number of aliphatic hydroxyl groups is 1. The Labute approximate surface area is 160 Å². The van der Waals surface area contributed by atoms with Gasteiger partial charge < -0.3 is 5.11 Å². The minimum Gasteiger partial charge on any atom is -0.389 e. The minimum atomic E-state index is -4.64. The molecule has 3 atom stereocenters. The van der Waals surface area contributed by atoms with Gasteiger partial charge in [-0.2, -0.15) is 13.2 Å². The van der Waals surface area contributed by atoms with Crippen LogP contribution in [0.3, 0.4) is 0 Å². The van der Waals surface area contributed by atoms with Crippen LogP contribution < -0.4 is 0 Å². The van der Waals surface area contributed by atoms with Crippen molar-refractivity contribution in [3.05, 3.63) is 47.1 Å². The molecule has 1 rings (SSSR count). The first-order chi connectivity index (χ1) is 12.5. The Morgan fingerprint density at radius 3 is 2.15 bits per heavy atom. The molecule has 1 aliphatic carbocycles. The number of carbonyl (C=O) groups is 1. The summed E-state index contributed by atoms with van der Waals surface area (Å²) in [5.41, 5.74) is 3.58. The van der Waals surface area contributed by atoms with Crippen LogP contribution in [0, 0.1) is 11.8 Å². The van der Waals surface area contributed by atoms with E-state index >= 15 is 0 Å². The Bertz CT molecular complexity index is 620. The predicted octanol–water partition coefficient (Wildman–Crippen LogP) is 6.09. The number of aliphatic hydroxyl groups excluding tert-OH is 1. The van der Waals surface area contributed by atoms with E-state index in [1.807, 2.05) is 6.92 Å². The molecule has 0 bridgehead atoms. The lowest BCUT2D eigenvalue weighted by Gasteiger charge is -2.31. The summed E-state index contributed by atoms with van der Waals surface area (Å²) >= 11 is 0. The minimum absolute atomic E-state index is 0.0382. The maximum atomic E-state index is 13.2. The molecule has 3 unspecified atom stereocenters. The first kappa shape index (κ1) is 23.4. The van der Waals surface area contributed by atoms with E-state index in [1.54, 1.807) is 6.08 Å². The zero-order chi connectivity index (χ0) is 20.6. The van der Waals surface area contributed by atoms with Gasteiger partial charge in [-0.3, -0.25) is 4.79 Å². The van der Waals surface area contributed by atoms with Crippen molar-refractivity contribution in [1.82, 2.24) is 0 Å². The lowest BCUT2D eigenvalue weighted by atomic mass is 9.77. The first-order valence-electron chi connectivity index (χ1n) is 9.43. The van der Waals surface area contributed by atoms with Crippen LogP contribution in [0.15, 0.2) is 47.1 Å². The molecule has 27 heavy (non-hydrogen) atoms. The molecule has 0 aliphatic heterocycles. The Balaban J connectivity index is 2.60. The molecule has 5 heteroatoms. The van der Waals surface area contributed by atoms with Gasteiger partial charge >= 0.3 is 6.18 Å². The van der Waals surface area contributed by atoms with Gasteiger partial charge in [0.2, 0.25) is 0 Å². The van der Waals surface area contributed by atoms with Crippen LogP contribution in [-0.4, -0.2) is 23.2 Å². The molecule has 0 radical (unpaired) electrons. The van der Waals surface area contributed by atoms with E-state index in [0.29, 0.717) is 0 Å². The van der Waals surface area contributed by atoms with E-state index in [9.17, 15) is 23.1 Å². The Morgan fingerprint density at radius 2 is 1.59 bits per heavy atom. The van der Waals surface area contributed by atoms with Gasteiger partial charge in [0, 0.05) is 5.92 Å². The van der Waals surface area contributed by atoms with E-state index in [2.05, 4.69) is 32.9 Å². The Morgan fingerprint density at radius 1 is 1.04 bits per heavy atom. The number of carbonyl (C=O) groups excluding carboxylic acids is 1.